The molecular formula is C13H19ClN2. The molecule has 88 valence electrons. The van der Waals surface area contributed by atoms with Gasteiger partial charge < -0.3 is 5.32 Å². The molecule has 1 saturated carbocycles. The van der Waals surface area contributed by atoms with Crippen LogP contribution in [-0.4, -0.2) is 11.0 Å². The maximum Gasteiger partial charge on any atom is 0.0634 e. The van der Waals surface area contributed by atoms with Crippen molar-refractivity contribution < 1.29 is 0 Å². The summed E-state index contributed by atoms with van der Waals surface area (Å²) in [5, 5.41) is 4.36. The largest absolute Gasteiger partial charge is 0.310 e. The van der Waals surface area contributed by atoms with Crippen LogP contribution in [-0.2, 0) is 6.54 Å². The van der Waals surface area contributed by atoms with Crippen molar-refractivity contribution in [1.82, 2.24) is 10.3 Å². The second kappa shape index (κ2) is 5.15. The minimum absolute atomic E-state index is 0.638. The predicted octanol–water partition coefficient (Wildman–Crippen LogP) is 3.26. The fourth-order valence-corrected chi connectivity index (χ4v) is 2.63. The average molecular weight is 239 g/mol. The molecule has 0 amide bonds. The minimum Gasteiger partial charge on any atom is -0.310 e. The van der Waals surface area contributed by atoms with E-state index in [9.17, 15) is 0 Å². The van der Waals surface area contributed by atoms with Gasteiger partial charge in [-0.3, -0.25) is 4.98 Å². The van der Waals surface area contributed by atoms with Gasteiger partial charge in [-0.2, -0.15) is 0 Å². The van der Waals surface area contributed by atoms with Crippen molar-refractivity contribution >= 4 is 11.6 Å². The number of aromatic nitrogens is 1. The Morgan fingerprint density at radius 3 is 2.88 bits per heavy atom. The summed E-state index contributed by atoms with van der Waals surface area (Å²) in [6, 6.07) is 2.62. The minimum atomic E-state index is 0.638. The van der Waals surface area contributed by atoms with E-state index in [0.29, 0.717) is 6.04 Å². The van der Waals surface area contributed by atoms with Crippen molar-refractivity contribution in [2.24, 2.45) is 11.8 Å². The first-order chi connectivity index (χ1) is 7.68. The zero-order valence-electron chi connectivity index (χ0n) is 9.91. The van der Waals surface area contributed by atoms with E-state index >= 15 is 0 Å². The van der Waals surface area contributed by atoms with Crippen LogP contribution in [0.2, 0.25) is 5.02 Å². The molecular weight excluding hydrogens is 220 g/mol. The quantitative estimate of drug-likeness (QED) is 0.875. The van der Waals surface area contributed by atoms with E-state index in [-0.39, 0.29) is 0 Å². The van der Waals surface area contributed by atoms with Crippen LogP contribution in [0.25, 0.3) is 0 Å². The smallest absolute Gasteiger partial charge is 0.0634 e. The molecule has 1 heterocycles. The Balaban J connectivity index is 1.91. The molecule has 1 aliphatic carbocycles. The lowest BCUT2D eigenvalue weighted by molar-refractivity contribution is 0.370. The Labute approximate surface area is 102 Å². The van der Waals surface area contributed by atoms with E-state index in [4.69, 9.17) is 11.6 Å². The van der Waals surface area contributed by atoms with Crippen molar-refractivity contribution in [1.29, 1.82) is 0 Å². The molecule has 3 heteroatoms. The summed E-state index contributed by atoms with van der Waals surface area (Å²) in [4.78, 5) is 3.99. The van der Waals surface area contributed by atoms with Gasteiger partial charge in [-0.1, -0.05) is 25.4 Å². The Hall–Kier alpha value is -0.600. The summed E-state index contributed by atoms with van der Waals surface area (Å²) in [7, 11) is 0. The summed E-state index contributed by atoms with van der Waals surface area (Å²) >= 11 is 6.07. The third-order valence-electron chi connectivity index (χ3n) is 3.88. The molecule has 3 unspecified atom stereocenters. The van der Waals surface area contributed by atoms with Gasteiger partial charge in [0, 0.05) is 25.0 Å². The normalized spacial score (nSPS) is 29.6. The zero-order valence-corrected chi connectivity index (χ0v) is 10.7. The molecule has 3 atom stereocenters. The average Bonchev–Trinajstić information content (AvgIpc) is 2.59. The zero-order chi connectivity index (χ0) is 11.5. The topological polar surface area (TPSA) is 24.9 Å². The van der Waals surface area contributed by atoms with E-state index in [1.54, 1.807) is 12.4 Å². The molecule has 0 saturated heterocycles. The molecule has 2 nitrogen and oxygen atoms in total. The van der Waals surface area contributed by atoms with Gasteiger partial charge in [-0.05, 0) is 36.3 Å². The molecule has 0 radical (unpaired) electrons. The molecule has 0 bridgehead atoms. The van der Waals surface area contributed by atoms with Crippen LogP contribution >= 0.6 is 11.6 Å². The number of halogens is 1. The molecule has 16 heavy (non-hydrogen) atoms. The van der Waals surface area contributed by atoms with Gasteiger partial charge in [0.1, 0.15) is 0 Å². The SMILES string of the molecule is CC1CCC(NCc2ccncc2Cl)C1C. The highest BCUT2D eigenvalue weighted by Crippen LogP contribution is 2.31. The lowest BCUT2D eigenvalue weighted by Gasteiger charge is -2.19. The van der Waals surface area contributed by atoms with Crippen LogP contribution in [0.5, 0.6) is 0 Å². The molecule has 0 aliphatic heterocycles. The summed E-state index contributed by atoms with van der Waals surface area (Å²) in [5.74, 6) is 1.60. The van der Waals surface area contributed by atoms with Crippen LogP contribution in [0, 0.1) is 11.8 Å². The molecule has 1 aromatic heterocycles. The van der Waals surface area contributed by atoms with Gasteiger partial charge in [0.15, 0.2) is 0 Å². The van der Waals surface area contributed by atoms with Crippen molar-refractivity contribution in [3.63, 3.8) is 0 Å². The molecule has 0 spiro atoms. The predicted molar refractivity (Wildman–Crippen MR) is 67.4 cm³/mol. The second-order valence-corrected chi connectivity index (χ2v) is 5.28. The number of hydrogen-bond acceptors (Lipinski definition) is 2. The third-order valence-corrected chi connectivity index (χ3v) is 4.22. The lowest BCUT2D eigenvalue weighted by atomic mass is 9.98. The highest BCUT2D eigenvalue weighted by molar-refractivity contribution is 6.31. The van der Waals surface area contributed by atoms with Crippen LogP contribution in [0.4, 0.5) is 0 Å². The molecule has 1 aliphatic rings. The first-order valence-electron chi connectivity index (χ1n) is 6.00. The van der Waals surface area contributed by atoms with Crippen LogP contribution < -0.4 is 5.32 Å². The van der Waals surface area contributed by atoms with E-state index < -0.39 is 0 Å². The van der Waals surface area contributed by atoms with Gasteiger partial charge in [0.25, 0.3) is 0 Å². The number of rotatable bonds is 3. The van der Waals surface area contributed by atoms with Gasteiger partial charge in [0.2, 0.25) is 0 Å². The first kappa shape index (κ1) is 11.9. The molecule has 1 aromatic rings. The van der Waals surface area contributed by atoms with E-state index in [0.717, 1.165) is 29.0 Å². The number of pyridine rings is 1. The van der Waals surface area contributed by atoms with Gasteiger partial charge in [0.05, 0.1) is 5.02 Å². The Morgan fingerprint density at radius 1 is 1.44 bits per heavy atom. The van der Waals surface area contributed by atoms with Crippen molar-refractivity contribution in [3.8, 4) is 0 Å². The fraction of sp³-hybridized carbons (Fsp3) is 0.615. The van der Waals surface area contributed by atoms with Gasteiger partial charge >= 0.3 is 0 Å². The van der Waals surface area contributed by atoms with Crippen molar-refractivity contribution in [3.05, 3.63) is 29.0 Å². The lowest BCUT2D eigenvalue weighted by Crippen LogP contribution is -2.31. The van der Waals surface area contributed by atoms with Crippen LogP contribution in [0.15, 0.2) is 18.5 Å². The maximum absolute atomic E-state index is 6.07. The van der Waals surface area contributed by atoms with Gasteiger partial charge in [-0.25, -0.2) is 0 Å². The first-order valence-corrected chi connectivity index (χ1v) is 6.38. The summed E-state index contributed by atoms with van der Waals surface area (Å²) in [5.41, 5.74) is 1.14. The Kier molecular flexibility index (Phi) is 3.82. The summed E-state index contributed by atoms with van der Waals surface area (Å²) in [6.07, 6.45) is 6.12. The highest BCUT2D eigenvalue weighted by Gasteiger charge is 2.29. The fourth-order valence-electron chi connectivity index (χ4n) is 2.44. The van der Waals surface area contributed by atoms with E-state index in [2.05, 4.69) is 24.1 Å². The number of hydrogen-bond donors (Lipinski definition) is 1. The van der Waals surface area contributed by atoms with Crippen molar-refractivity contribution in [2.45, 2.75) is 39.3 Å². The molecule has 2 rings (SSSR count). The number of nitrogens with zero attached hydrogens (tertiary/aromatic N) is 1. The van der Waals surface area contributed by atoms with Crippen molar-refractivity contribution in [2.75, 3.05) is 0 Å². The summed E-state index contributed by atoms with van der Waals surface area (Å²) < 4.78 is 0. The summed E-state index contributed by atoms with van der Waals surface area (Å²) in [6.45, 7) is 5.53. The second-order valence-electron chi connectivity index (χ2n) is 4.87. The molecule has 1 fully saturated rings. The van der Waals surface area contributed by atoms with E-state index in [1.165, 1.54) is 12.8 Å². The van der Waals surface area contributed by atoms with Gasteiger partial charge in [-0.15, -0.1) is 0 Å². The molecule has 1 N–H and O–H groups in total. The third kappa shape index (κ3) is 2.55. The molecule has 0 aromatic carbocycles. The van der Waals surface area contributed by atoms with E-state index in [1.807, 2.05) is 6.07 Å². The van der Waals surface area contributed by atoms with Crippen LogP contribution in [0.3, 0.4) is 0 Å². The Morgan fingerprint density at radius 2 is 2.25 bits per heavy atom. The monoisotopic (exact) mass is 238 g/mol. The maximum atomic E-state index is 6.07. The highest BCUT2D eigenvalue weighted by atomic mass is 35.5. The number of nitrogens with one attached hydrogen (secondary N) is 1. The van der Waals surface area contributed by atoms with Crippen LogP contribution in [0.1, 0.15) is 32.3 Å². The Bertz CT molecular complexity index is 354. The standard InChI is InChI=1S/C13H19ClN2/c1-9-3-4-13(10(9)2)16-7-11-5-6-15-8-12(11)14/h5-6,8-10,13,16H,3-4,7H2,1-2H3.